The summed E-state index contributed by atoms with van der Waals surface area (Å²) in [7, 11) is 3.77. The number of rotatable bonds is 6. The van der Waals surface area contributed by atoms with Crippen LogP contribution in [0.5, 0.6) is 0 Å². The van der Waals surface area contributed by atoms with E-state index in [2.05, 4.69) is 5.32 Å². The molecule has 0 spiro atoms. The summed E-state index contributed by atoms with van der Waals surface area (Å²) in [5.41, 5.74) is 6.80. The fourth-order valence-electron chi connectivity index (χ4n) is 1.62. The van der Waals surface area contributed by atoms with Crippen LogP contribution in [0, 0.1) is 5.82 Å². The molecule has 5 heteroatoms. The molecule has 1 aromatic rings. The van der Waals surface area contributed by atoms with Gasteiger partial charge in [0, 0.05) is 31.6 Å². The summed E-state index contributed by atoms with van der Waals surface area (Å²) < 4.78 is 13.5. The minimum atomic E-state index is -0.222. The lowest BCUT2D eigenvalue weighted by Gasteiger charge is -2.12. The Labute approximate surface area is 107 Å². The highest BCUT2D eigenvalue weighted by Gasteiger charge is 2.06. The van der Waals surface area contributed by atoms with E-state index in [1.54, 1.807) is 12.1 Å². The standard InChI is InChI=1S/C13H20FN3O/c1-17(2)9-11-7-10(3-4-12(11)14)8-16-13(18)5-6-15/h3-4,7H,5-6,8-9,15H2,1-2H3,(H,16,18). The molecule has 0 saturated carbocycles. The number of benzene rings is 1. The summed E-state index contributed by atoms with van der Waals surface area (Å²) in [4.78, 5) is 13.2. The predicted octanol–water partition coefficient (Wildman–Crippen LogP) is 0.852. The third-order valence-electron chi connectivity index (χ3n) is 2.46. The summed E-state index contributed by atoms with van der Waals surface area (Å²) in [6, 6.07) is 4.89. The zero-order valence-corrected chi connectivity index (χ0v) is 10.9. The number of carbonyl (C=O) groups excluding carboxylic acids is 1. The SMILES string of the molecule is CN(C)Cc1cc(CNC(=O)CCN)ccc1F. The summed E-state index contributed by atoms with van der Waals surface area (Å²) in [6.45, 7) is 1.27. The van der Waals surface area contributed by atoms with E-state index in [0.717, 1.165) is 5.56 Å². The molecule has 0 atom stereocenters. The third-order valence-corrected chi connectivity index (χ3v) is 2.46. The van der Waals surface area contributed by atoms with Crippen molar-refractivity contribution < 1.29 is 9.18 Å². The van der Waals surface area contributed by atoms with E-state index in [1.807, 2.05) is 19.0 Å². The number of hydrogen-bond acceptors (Lipinski definition) is 3. The maximum absolute atomic E-state index is 13.5. The first-order chi connectivity index (χ1) is 8.52. The number of carbonyl (C=O) groups is 1. The Bertz CT molecular complexity index is 407. The van der Waals surface area contributed by atoms with Gasteiger partial charge < -0.3 is 16.0 Å². The molecule has 0 aliphatic heterocycles. The smallest absolute Gasteiger partial charge is 0.221 e. The highest BCUT2D eigenvalue weighted by Crippen LogP contribution is 2.12. The normalized spacial score (nSPS) is 10.7. The molecule has 0 aromatic heterocycles. The van der Waals surface area contributed by atoms with Crippen LogP contribution in [0.15, 0.2) is 18.2 Å². The predicted molar refractivity (Wildman–Crippen MR) is 69.3 cm³/mol. The molecule has 100 valence electrons. The largest absolute Gasteiger partial charge is 0.352 e. The fourth-order valence-corrected chi connectivity index (χ4v) is 1.62. The molecule has 0 aliphatic rings. The van der Waals surface area contributed by atoms with Crippen LogP contribution in [-0.4, -0.2) is 31.4 Å². The van der Waals surface area contributed by atoms with Crippen LogP contribution in [0.25, 0.3) is 0 Å². The van der Waals surface area contributed by atoms with Crippen molar-refractivity contribution in [2.24, 2.45) is 5.73 Å². The summed E-state index contributed by atoms with van der Waals surface area (Å²) in [5.74, 6) is -0.309. The van der Waals surface area contributed by atoms with Gasteiger partial charge in [0.05, 0.1) is 0 Å². The molecule has 0 heterocycles. The molecule has 0 fully saturated rings. The van der Waals surface area contributed by atoms with Gasteiger partial charge >= 0.3 is 0 Å². The molecule has 0 unspecified atom stereocenters. The van der Waals surface area contributed by atoms with Gasteiger partial charge in [0.15, 0.2) is 0 Å². The Morgan fingerprint density at radius 3 is 2.78 bits per heavy atom. The van der Waals surface area contributed by atoms with Crippen molar-refractivity contribution in [1.29, 1.82) is 0 Å². The zero-order valence-electron chi connectivity index (χ0n) is 10.9. The maximum Gasteiger partial charge on any atom is 0.221 e. The van der Waals surface area contributed by atoms with Gasteiger partial charge in [-0.25, -0.2) is 4.39 Å². The van der Waals surface area contributed by atoms with Crippen molar-refractivity contribution in [1.82, 2.24) is 10.2 Å². The van der Waals surface area contributed by atoms with E-state index in [1.165, 1.54) is 6.07 Å². The molecule has 3 N–H and O–H groups in total. The molecule has 0 saturated heterocycles. The number of nitrogens with two attached hydrogens (primary N) is 1. The van der Waals surface area contributed by atoms with E-state index in [-0.39, 0.29) is 11.7 Å². The van der Waals surface area contributed by atoms with Crippen LogP contribution in [-0.2, 0) is 17.9 Å². The molecule has 0 radical (unpaired) electrons. The van der Waals surface area contributed by atoms with Gasteiger partial charge in [-0.15, -0.1) is 0 Å². The molecular formula is C13H20FN3O. The molecule has 1 rings (SSSR count). The summed E-state index contributed by atoms with van der Waals surface area (Å²) in [6.07, 6.45) is 0.311. The number of nitrogens with one attached hydrogen (secondary N) is 1. The molecular weight excluding hydrogens is 233 g/mol. The molecule has 0 bridgehead atoms. The fraction of sp³-hybridized carbons (Fsp3) is 0.462. The van der Waals surface area contributed by atoms with Crippen LogP contribution in [0.2, 0.25) is 0 Å². The lowest BCUT2D eigenvalue weighted by Crippen LogP contribution is -2.25. The topological polar surface area (TPSA) is 58.4 Å². The van der Waals surface area contributed by atoms with Crippen LogP contribution in [0.3, 0.4) is 0 Å². The van der Waals surface area contributed by atoms with Crippen molar-refractivity contribution >= 4 is 5.91 Å². The van der Waals surface area contributed by atoms with Crippen LogP contribution in [0.1, 0.15) is 17.5 Å². The average Bonchev–Trinajstić information content (AvgIpc) is 2.30. The second kappa shape index (κ2) is 7.08. The monoisotopic (exact) mass is 253 g/mol. The molecule has 0 aliphatic carbocycles. The van der Waals surface area contributed by atoms with Crippen molar-refractivity contribution in [2.45, 2.75) is 19.5 Å². The second-order valence-corrected chi connectivity index (χ2v) is 4.48. The van der Waals surface area contributed by atoms with Gasteiger partial charge in [-0.05, 0) is 31.8 Å². The van der Waals surface area contributed by atoms with E-state index in [9.17, 15) is 9.18 Å². The Balaban J connectivity index is 2.64. The highest BCUT2D eigenvalue weighted by molar-refractivity contribution is 5.76. The van der Waals surface area contributed by atoms with Crippen LogP contribution >= 0.6 is 0 Å². The van der Waals surface area contributed by atoms with Crippen molar-refractivity contribution in [3.05, 3.63) is 35.1 Å². The van der Waals surface area contributed by atoms with Gasteiger partial charge in [0.2, 0.25) is 5.91 Å². The minimum absolute atomic E-state index is 0.0871. The Hall–Kier alpha value is -1.46. The molecule has 18 heavy (non-hydrogen) atoms. The number of halogens is 1. The van der Waals surface area contributed by atoms with Gasteiger partial charge in [0.25, 0.3) is 0 Å². The number of hydrogen-bond donors (Lipinski definition) is 2. The minimum Gasteiger partial charge on any atom is -0.352 e. The van der Waals surface area contributed by atoms with Crippen molar-refractivity contribution in [3.63, 3.8) is 0 Å². The van der Waals surface area contributed by atoms with E-state index in [4.69, 9.17) is 5.73 Å². The van der Waals surface area contributed by atoms with Crippen LogP contribution < -0.4 is 11.1 Å². The lowest BCUT2D eigenvalue weighted by atomic mass is 10.1. The van der Waals surface area contributed by atoms with Gasteiger partial charge in [0.1, 0.15) is 5.82 Å². The van der Waals surface area contributed by atoms with E-state index in [0.29, 0.717) is 31.6 Å². The third kappa shape index (κ3) is 4.81. The van der Waals surface area contributed by atoms with Gasteiger partial charge in [-0.3, -0.25) is 4.79 Å². The van der Waals surface area contributed by atoms with E-state index >= 15 is 0 Å². The van der Waals surface area contributed by atoms with Gasteiger partial charge in [-0.1, -0.05) is 6.07 Å². The van der Waals surface area contributed by atoms with Crippen molar-refractivity contribution in [3.8, 4) is 0 Å². The first kappa shape index (κ1) is 14.6. The Kier molecular flexibility index (Phi) is 5.74. The highest BCUT2D eigenvalue weighted by atomic mass is 19.1. The Morgan fingerprint density at radius 2 is 2.17 bits per heavy atom. The molecule has 1 aromatic carbocycles. The molecule has 1 amide bonds. The zero-order chi connectivity index (χ0) is 13.5. The maximum atomic E-state index is 13.5. The lowest BCUT2D eigenvalue weighted by molar-refractivity contribution is -0.121. The first-order valence-electron chi connectivity index (χ1n) is 5.91. The van der Waals surface area contributed by atoms with Crippen molar-refractivity contribution in [2.75, 3.05) is 20.6 Å². The summed E-state index contributed by atoms with van der Waals surface area (Å²) in [5, 5.41) is 2.74. The van der Waals surface area contributed by atoms with E-state index < -0.39 is 0 Å². The first-order valence-corrected chi connectivity index (χ1v) is 5.91. The summed E-state index contributed by atoms with van der Waals surface area (Å²) >= 11 is 0. The van der Waals surface area contributed by atoms with Gasteiger partial charge in [-0.2, -0.15) is 0 Å². The molecule has 4 nitrogen and oxygen atoms in total. The number of amides is 1. The number of nitrogens with zero attached hydrogens (tertiary/aromatic N) is 1. The average molecular weight is 253 g/mol. The van der Waals surface area contributed by atoms with Crippen LogP contribution in [0.4, 0.5) is 4.39 Å². The Morgan fingerprint density at radius 1 is 1.44 bits per heavy atom. The quantitative estimate of drug-likeness (QED) is 0.790. The second-order valence-electron chi connectivity index (χ2n) is 4.48.